The van der Waals surface area contributed by atoms with Gasteiger partial charge in [0.1, 0.15) is 11.8 Å². The van der Waals surface area contributed by atoms with Gasteiger partial charge in [0.2, 0.25) is 5.91 Å². The van der Waals surface area contributed by atoms with Crippen LogP contribution in [0.4, 0.5) is 0 Å². The van der Waals surface area contributed by atoms with Crippen molar-refractivity contribution in [3.8, 4) is 5.75 Å². The highest BCUT2D eigenvalue weighted by Crippen LogP contribution is 2.33. The number of hydrogen-bond donors (Lipinski definition) is 1. The van der Waals surface area contributed by atoms with Crippen molar-refractivity contribution in [3.05, 3.63) is 112 Å². The number of carbonyl (C=O) groups is 2. The van der Waals surface area contributed by atoms with Crippen LogP contribution in [-0.2, 0) is 22.6 Å². The van der Waals surface area contributed by atoms with Crippen LogP contribution in [0.5, 0.6) is 5.75 Å². The third kappa shape index (κ3) is 7.01. The number of carbonyl (C=O) groups excluding carboxylic acids is 2. The van der Waals surface area contributed by atoms with Crippen LogP contribution in [0.25, 0.3) is 10.8 Å². The smallest absolute Gasteiger partial charge is 0.261 e. The zero-order chi connectivity index (χ0) is 26.9. The van der Waals surface area contributed by atoms with Gasteiger partial charge in [-0.3, -0.25) is 9.59 Å². The predicted octanol–water partition coefficient (Wildman–Crippen LogP) is 6.46. The molecule has 0 aliphatic rings. The summed E-state index contributed by atoms with van der Waals surface area (Å²) in [6.45, 7) is 4.70. The second-order valence-electron chi connectivity index (χ2n) is 9.39. The summed E-state index contributed by atoms with van der Waals surface area (Å²) in [6.07, 6.45) is 1.22. The highest BCUT2D eigenvalue weighted by molar-refractivity contribution is 9.10. The average molecular weight is 574 g/mol. The molecule has 5 nitrogen and oxygen atoms in total. The molecule has 0 aliphatic carbocycles. The van der Waals surface area contributed by atoms with Crippen LogP contribution in [0.15, 0.2) is 95.5 Å². The molecule has 0 spiro atoms. The summed E-state index contributed by atoms with van der Waals surface area (Å²) in [4.78, 5) is 28.9. The molecular formula is C32H33BrN2O3. The topological polar surface area (TPSA) is 58.6 Å². The summed E-state index contributed by atoms with van der Waals surface area (Å²) < 4.78 is 6.84. The summed E-state index contributed by atoms with van der Waals surface area (Å²) in [6, 6.07) is 29.0. The Morgan fingerprint density at radius 1 is 0.921 bits per heavy atom. The van der Waals surface area contributed by atoms with Crippen molar-refractivity contribution in [1.29, 1.82) is 0 Å². The van der Waals surface area contributed by atoms with E-state index in [9.17, 15) is 9.59 Å². The molecule has 38 heavy (non-hydrogen) atoms. The van der Waals surface area contributed by atoms with Gasteiger partial charge >= 0.3 is 0 Å². The SMILES string of the molecule is CCCNC(=O)[C@@H](Cc1ccccc1)N(Cc1cccc(C)c1)C(=O)COc1ccc2ccccc2c1Br. The van der Waals surface area contributed by atoms with Gasteiger partial charge in [-0.05, 0) is 57.2 Å². The minimum atomic E-state index is -0.680. The maximum absolute atomic E-state index is 13.8. The number of rotatable bonds is 11. The third-order valence-electron chi connectivity index (χ3n) is 6.43. The molecule has 0 bridgehead atoms. The molecule has 0 unspecified atom stereocenters. The van der Waals surface area contributed by atoms with Crippen LogP contribution in [-0.4, -0.2) is 35.9 Å². The number of halogens is 1. The van der Waals surface area contributed by atoms with Gasteiger partial charge < -0.3 is 15.0 Å². The van der Waals surface area contributed by atoms with E-state index in [1.165, 1.54) is 0 Å². The fourth-order valence-corrected chi connectivity index (χ4v) is 5.08. The average Bonchev–Trinajstić information content (AvgIpc) is 2.94. The third-order valence-corrected chi connectivity index (χ3v) is 7.25. The van der Waals surface area contributed by atoms with E-state index >= 15 is 0 Å². The van der Waals surface area contributed by atoms with Crippen molar-refractivity contribution in [2.24, 2.45) is 0 Å². The number of aryl methyl sites for hydroxylation is 1. The van der Waals surface area contributed by atoms with E-state index in [1.807, 2.05) is 105 Å². The first-order valence-corrected chi connectivity index (χ1v) is 13.7. The quantitative estimate of drug-likeness (QED) is 0.224. The normalized spacial score (nSPS) is 11.7. The fourth-order valence-electron chi connectivity index (χ4n) is 4.47. The Labute approximate surface area is 232 Å². The van der Waals surface area contributed by atoms with Crippen LogP contribution in [0, 0.1) is 6.92 Å². The zero-order valence-corrected chi connectivity index (χ0v) is 23.4. The summed E-state index contributed by atoms with van der Waals surface area (Å²) in [5.74, 6) is 0.172. The predicted molar refractivity (Wildman–Crippen MR) is 156 cm³/mol. The second-order valence-corrected chi connectivity index (χ2v) is 10.2. The van der Waals surface area contributed by atoms with E-state index in [2.05, 4.69) is 21.2 Å². The van der Waals surface area contributed by atoms with Crippen molar-refractivity contribution in [1.82, 2.24) is 10.2 Å². The Hall–Kier alpha value is -3.64. The van der Waals surface area contributed by atoms with Crippen molar-refractivity contribution in [2.45, 2.75) is 39.3 Å². The Morgan fingerprint density at radius 3 is 2.42 bits per heavy atom. The van der Waals surface area contributed by atoms with Crippen LogP contribution < -0.4 is 10.1 Å². The molecule has 4 aromatic carbocycles. The first-order valence-electron chi connectivity index (χ1n) is 12.9. The van der Waals surface area contributed by atoms with E-state index < -0.39 is 6.04 Å². The Kier molecular flexibility index (Phi) is 9.55. The number of benzene rings is 4. The van der Waals surface area contributed by atoms with E-state index in [4.69, 9.17) is 4.74 Å². The molecule has 0 fully saturated rings. The van der Waals surface area contributed by atoms with Gasteiger partial charge in [-0.25, -0.2) is 0 Å². The maximum Gasteiger partial charge on any atom is 0.261 e. The van der Waals surface area contributed by atoms with E-state index in [1.54, 1.807) is 4.90 Å². The molecule has 4 aromatic rings. The Morgan fingerprint density at radius 2 is 1.66 bits per heavy atom. The minimum Gasteiger partial charge on any atom is -0.483 e. The van der Waals surface area contributed by atoms with Crippen LogP contribution in [0.1, 0.15) is 30.0 Å². The molecule has 1 N–H and O–H groups in total. The maximum atomic E-state index is 13.8. The van der Waals surface area contributed by atoms with Crippen molar-refractivity contribution in [3.63, 3.8) is 0 Å². The monoisotopic (exact) mass is 572 g/mol. The van der Waals surface area contributed by atoms with Gasteiger partial charge in [0.15, 0.2) is 6.61 Å². The summed E-state index contributed by atoms with van der Waals surface area (Å²) in [5, 5.41) is 5.09. The van der Waals surface area contributed by atoms with E-state index in [-0.39, 0.29) is 18.4 Å². The lowest BCUT2D eigenvalue weighted by molar-refractivity contribution is -0.142. The van der Waals surface area contributed by atoms with Gasteiger partial charge in [-0.15, -0.1) is 0 Å². The lowest BCUT2D eigenvalue weighted by Crippen LogP contribution is -2.51. The molecule has 196 valence electrons. The zero-order valence-electron chi connectivity index (χ0n) is 21.8. The molecule has 0 aromatic heterocycles. The molecule has 0 radical (unpaired) electrons. The summed E-state index contributed by atoms with van der Waals surface area (Å²) in [5.41, 5.74) is 3.05. The minimum absolute atomic E-state index is 0.163. The van der Waals surface area contributed by atoms with Gasteiger partial charge in [0.05, 0.1) is 4.47 Å². The Bertz CT molecular complexity index is 1390. The number of amides is 2. The molecular weight excluding hydrogens is 540 g/mol. The lowest BCUT2D eigenvalue weighted by atomic mass is 10.0. The number of hydrogen-bond acceptors (Lipinski definition) is 3. The van der Waals surface area contributed by atoms with Crippen molar-refractivity contribution >= 4 is 38.5 Å². The largest absolute Gasteiger partial charge is 0.483 e. The first kappa shape index (κ1) is 27.4. The van der Waals surface area contributed by atoms with Crippen LogP contribution in [0.2, 0.25) is 0 Å². The number of ether oxygens (including phenoxy) is 1. The van der Waals surface area contributed by atoms with Crippen LogP contribution >= 0.6 is 15.9 Å². The molecule has 1 atom stereocenters. The van der Waals surface area contributed by atoms with E-state index in [0.29, 0.717) is 25.3 Å². The molecule has 2 amide bonds. The molecule has 0 saturated carbocycles. The Balaban J connectivity index is 1.63. The second kappa shape index (κ2) is 13.2. The highest BCUT2D eigenvalue weighted by Gasteiger charge is 2.30. The highest BCUT2D eigenvalue weighted by atomic mass is 79.9. The van der Waals surface area contributed by atoms with E-state index in [0.717, 1.165) is 38.4 Å². The van der Waals surface area contributed by atoms with Gasteiger partial charge in [0, 0.05) is 19.5 Å². The molecule has 0 heterocycles. The number of nitrogens with zero attached hydrogens (tertiary/aromatic N) is 1. The van der Waals surface area contributed by atoms with Crippen molar-refractivity contribution < 1.29 is 14.3 Å². The molecule has 6 heteroatoms. The number of fused-ring (bicyclic) bond motifs is 1. The molecule has 4 rings (SSSR count). The van der Waals surface area contributed by atoms with Gasteiger partial charge in [0.25, 0.3) is 5.91 Å². The fraction of sp³-hybridized carbons (Fsp3) is 0.250. The van der Waals surface area contributed by atoms with Gasteiger partial charge in [-0.2, -0.15) is 0 Å². The first-order chi connectivity index (χ1) is 18.5. The standard InChI is InChI=1S/C32H33BrN2O3/c1-3-18-34-32(37)28(20-24-11-5-4-6-12-24)35(21-25-13-9-10-23(2)19-25)30(36)22-38-29-17-16-26-14-7-8-15-27(26)31(29)33/h4-17,19,28H,3,18,20-22H2,1-2H3,(H,34,37)/t28-/m1/s1. The molecule has 0 saturated heterocycles. The number of nitrogens with one attached hydrogen (secondary N) is 1. The van der Waals surface area contributed by atoms with Gasteiger partial charge in [-0.1, -0.05) is 97.4 Å². The van der Waals surface area contributed by atoms with Crippen LogP contribution in [0.3, 0.4) is 0 Å². The lowest BCUT2D eigenvalue weighted by Gasteiger charge is -2.31. The molecule has 0 aliphatic heterocycles. The summed E-state index contributed by atoms with van der Waals surface area (Å²) in [7, 11) is 0. The summed E-state index contributed by atoms with van der Waals surface area (Å²) >= 11 is 3.64. The van der Waals surface area contributed by atoms with Crippen molar-refractivity contribution in [2.75, 3.05) is 13.2 Å².